The number of hydrogen-bond acceptors (Lipinski definition) is 1. The fourth-order valence-corrected chi connectivity index (χ4v) is 3.75. The van der Waals surface area contributed by atoms with Crippen molar-refractivity contribution in [1.29, 1.82) is 0 Å². The van der Waals surface area contributed by atoms with Crippen LogP contribution in [0.4, 0.5) is 5.69 Å². The average Bonchev–Trinajstić information content (AvgIpc) is 2.46. The van der Waals surface area contributed by atoms with Crippen LogP contribution < -0.4 is 4.90 Å². The van der Waals surface area contributed by atoms with E-state index in [1.54, 1.807) is 0 Å². The molecule has 0 unspecified atom stereocenters. The Morgan fingerprint density at radius 3 is 2.47 bits per heavy atom. The first-order valence-corrected chi connectivity index (χ1v) is 8.66. The lowest BCUT2D eigenvalue weighted by molar-refractivity contribution is 0.313. The maximum Gasteiger partial charge on any atom is 0.0407 e. The highest BCUT2D eigenvalue weighted by atomic mass is 79.9. The van der Waals surface area contributed by atoms with Crippen molar-refractivity contribution in [3.05, 3.63) is 29.3 Å². The molecule has 0 saturated heterocycles. The topological polar surface area (TPSA) is 3.24 Å². The van der Waals surface area contributed by atoms with Gasteiger partial charge in [-0.2, -0.15) is 0 Å². The van der Waals surface area contributed by atoms with Crippen LogP contribution in [0.3, 0.4) is 0 Å². The first-order valence-electron chi connectivity index (χ1n) is 7.54. The molecule has 1 fully saturated rings. The first-order chi connectivity index (χ1) is 9.15. The second-order valence-corrected chi connectivity index (χ2v) is 6.52. The van der Waals surface area contributed by atoms with Crippen LogP contribution in [0.25, 0.3) is 0 Å². The van der Waals surface area contributed by atoms with Crippen LogP contribution in [0.2, 0.25) is 0 Å². The smallest absolute Gasteiger partial charge is 0.0407 e. The van der Waals surface area contributed by atoms with Crippen molar-refractivity contribution < 1.29 is 0 Å². The molecule has 0 amide bonds. The zero-order valence-electron chi connectivity index (χ0n) is 12.5. The van der Waals surface area contributed by atoms with Crippen molar-refractivity contribution in [1.82, 2.24) is 0 Å². The molecule has 1 nitrogen and oxygen atoms in total. The van der Waals surface area contributed by atoms with Crippen molar-refractivity contribution in [2.45, 2.75) is 57.3 Å². The average molecular weight is 324 g/mol. The van der Waals surface area contributed by atoms with Gasteiger partial charge >= 0.3 is 0 Å². The van der Waals surface area contributed by atoms with E-state index in [0.717, 1.165) is 17.3 Å². The molecule has 1 aliphatic carbocycles. The molecule has 0 heterocycles. The van der Waals surface area contributed by atoms with Crippen LogP contribution in [0.1, 0.15) is 50.2 Å². The van der Waals surface area contributed by atoms with Crippen LogP contribution in [-0.4, -0.2) is 13.1 Å². The van der Waals surface area contributed by atoms with Gasteiger partial charge in [-0.3, -0.25) is 0 Å². The molecular formula is C17H26BrN. The third kappa shape index (κ3) is 3.53. The highest BCUT2D eigenvalue weighted by Gasteiger charge is 2.24. The van der Waals surface area contributed by atoms with E-state index < -0.39 is 0 Å². The minimum atomic E-state index is 0.725. The van der Waals surface area contributed by atoms with Gasteiger partial charge in [0.1, 0.15) is 0 Å². The van der Waals surface area contributed by atoms with Gasteiger partial charge in [0, 0.05) is 24.1 Å². The summed E-state index contributed by atoms with van der Waals surface area (Å²) in [5.74, 6) is 0.971. The number of benzene rings is 1. The van der Waals surface area contributed by atoms with Crippen LogP contribution in [0, 0.1) is 12.8 Å². The van der Waals surface area contributed by atoms with E-state index in [1.165, 1.54) is 48.9 Å². The SMILES string of the molecule is CCC1CCC(N(C)c2ccc(C)cc2CBr)CC1. The molecule has 0 aliphatic heterocycles. The molecule has 0 atom stereocenters. The summed E-state index contributed by atoms with van der Waals surface area (Å²) in [6.07, 6.45) is 6.87. The van der Waals surface area contributed by atoms with E-state index >= 15 is 0 Å². The van der Waals surface area contributed by atoms with E-state index in [0.29, 0.717) is 0 Å². The number of rotatable bonds is 4. The van der Waals surface area contributed by atoms with Gasteiger partial charge < -0.3 is 4.90 Å². The van der Waals surface area contributed by atoms with E-state index in [2.05, 4.69) is 59.9 Å². The monoisotopic (exact) mass is 323 g/mol. The number of hydrogen-bond donors (Lipinski definition) is 0. The Kier molecular flexibility index (Phi) is 5.32. The molecule has 0 aromatic heterocycles. The molecule has 19 heavy (non-hydrogen) atoms. The van der Waals surface area contributed by atoms with Crippen molar-refractivity contribution in [2.75, 3.05) is 11.9 Å². The second-order valence-electron chi connectivity index (χ2n) is 5.96. The summed E-state index contributed by atoms with van der Waals surface area (Å²) in [6, 6.07) is 7.55. The highest BCUT2D eigenvalue weighted by Crippen LogP contribution is 2.33. The van der Waals surface area contributed by atoms with Gasteiger partial charge in [-0.15, -0.1) is 0 Å². The van der Waals surface area contributed by atoms with Crippen molar-refractivity contribution >= 4 is 21.6 Å². The summed E-state index contributed by atoms with van der Waals surface area (Å²) >= 11 is 3.63. The van der Waals surface area contributed by atoms with Gasteiger partial charge in [-0.05, 0) is 50.2 Å². The quantitative estimate of drug-likeness (QED) is 0.680. The predicted octanol–water partition coefficient (Wildman–Crippen LogP) is 5.29. The number of nitrogens with zero attached hydrogens (tertiary/aromatic N) is 1. The Morgan fingerprint density at radius 1 is 1.21 bits per heavy atom. The Morgan fingerprint density at radius 2 is 1.89 bits per heavy atom. The van der Waals surface area contributed by atoms with Crippen LogP contribution in [0.15, 0.2) is 18.2 Å². The first kappa shape index (κ1) is 14.9. The summed E-state index contributed by atoms with van der Waals surface area (Å²) in [6.45, 7) is 4.50. The fraction of sp³-hybridized carbons (Fsp3) is 0.647. The molecular weight excluding hydrogens is 298 g/mol. The molecule has 2 heteroatoms. The van der Waals surface area contributed by atoms with Gasteiger partial charge in [-0.1, -0.05) is 47.0 Å². The number of aryl methyl sites for hydroxylation is 1. The number of alkyl halides is 1. The van der Waals surface area contributed by atoms with E-state index in [-0.39, 0.29) is 0 Å². The summed E-state index contributed by atoms with van der Waals surface area (Å²) in [5, 5.41) is 0.943. The zero-order valence-corrected chi connectivity index (χ0v) is 14.0. The van der Waals surface area contributed by atoms with E-state index in [4.69, 9.17) is 0 Å². The van der Waals surface area contributed by atoms with Gasteiger partial charge in [0.25, 0.3) is 0 Å². The Hall–Kier alpha value is -0.500. The van der Waals surface area contributed by atoms with Gasteiger partial charge in [0.2, 0.25) is 0 Å². The lowest BCUT2D eigenvalue weighted by Crippen LogP contribution is -2.35. The maximum atomic E-state index is 3.63. The molecule has 1 saturated carbocycles. The molecule has 1 aliphatic rings. The Bertz CT molecular complexity index is 408. The molecule has 0 N–H and O–H groups in total. The largest absolute Gasteiger partial charge is 0.371 e. The normalized spacial score (nSPS) is 23.4. The Balaban J connectivity index is 2.09. The fourth-order valence-electron chi connectivity index (χ4n) is 3.30. The van der Waals surface area contributed by atoms with Crippen LogP contribution >= 0.6 is 15.9 Å². The lowest BCUT2D eigenvalue weighted by Gasteiger charge is -2.36. The van der Waals surface area contributed by atoms with Crippen molar-refractivity contribution in [3.63, 3.8) is 0 Å². The lowest BCUT2D eigenvalue weighted by atomic mass is 9.84. The number of anilines is 1. The van der Waals surface area contributed by atoms with Crippen molar-refractivity contribution in [2.24, 2.45) is 5.92 Å². The summed E-state index contributed by atoms with van der Waals surface area (Å²) in [4.78, 5) is 2.52. The van der Waals surface area contributed by atoms with Crippen molar-refractivity contribution in [3.8, 4) is 0 Å². The molecule has 1 aromatic rings. The molecule has 0 spiro atoms. The maximum absolute atomic E-state index is 3.63. The molecule has 0 radical (unpaired) electrons. The molecule has 106 valence electrons. The minimum Gasteiger partial charge on any atom is -0.371 e. The zero-order chi connectivity index (χ0) is 13.8. The minimum absolute atomic E-state index is 0.725. The van der Waals surface area contributed by atoms with Crippen LogP contribution in [0.5, 0.6) is 0 Å². The Labute approximate surface area is 126 Å². The second kappa shape index (κ2) is 6.78. The summed E-state index contributed by atoms with van der Waals surface area (Å²) in [7, 11) is 2.27. The van der Waals surface area contributed by atoms with Crippen LogP contribution in [-0.2, 0) is 5.33 Å². The molecule has 2 rings (SSSR count). The van der Waals surface area contributed by atoms with Gasteiger partial charge in [0.05, 0.1) is 0 Å². The summed E-state index contributed by atoms with van der Waals surface area (Å²) in [5.41, 5.74) is 4.17. The van der Waals surface area contributed by atoms with Gasteiger partial charge in [-0.25, -0.2) is 0 Å². The third-order valence-electron chi connectivity index (χ3n) is 4.70. The third-order valence-corrected chi connectivity index (χ3v) is 5.30. The van der Waals surface area contributed by atoms with E-state index in [1.807, 2.05) is 0 Å². The number of halogens is 1. The standard InChI is InChI=1S/C17H26BrN/c1-4-14-6-8-16(9-7-14)19(3)17-10-5-13(2)11-15(17)12-18/h5,10-11,14,16H,4,6-9,12H2,1-3H3. The highest BCUT2D eigenvalue weighted by molar-refractivity contribution is 9.08. The predicted molar refractivity (Wildman–Crippen MR) is 88.3 cm³/mol. The molecule has 0 bridgehead atoms. The van der Waals surface area contributed by atoms with Gasteiger partial charge in [0.15, 0.2) is 0 Å². The van der Waals surface area contributed by atoms with E-state index in [9.17, 15) is 0 Å². The molecule has 1 aromatic carbocycles. The summed E-state index contributed by atoms with van der Waals surface area (Å²) < 4.78 is 0.